The molecule has 0 spiro atoms. The van der Waals surface area contributed by atoms with Gasteiger partial charge in [0.05, 0.1) is 12.5 Å². The molecule has 1 N–H and O–H groups in total. The third-order valence-corrected chi connectivity index (χ3v) is 2.76. The summed E-state index contributed by atoms with van der Waals surface area (Å²) in [5.41, 5.74) is 0. The molecule has 0 aromatic heterocycles. The second-order valence-corrected chi connectivity index (χ2v) is 3.79. The third-order valence-electron chi connectivity index (χ3n) is 2.76. The Morgan fingerprint density at radius 3 is 3.13 bits per heavy atom. The quantitative estimate of drug-likeness (QED) is 0.692. The van der Waals surface area contributed by atoms with Gasteiger partial charge in [0, 0.05) is 19.1 Å². The van der Waals surface area contributed by atoms with Crippen LogP contribution in [0.3, 0.4) is 0 Å². The molecule has 15 heavy (non-hydrogen) atoms. The van der Waals surface area contributed by atoms with Crippen molar-refractivity contribution in [1.29, 1.82) is 5.26 Å². The van der Waals surface area contributed by atoms with Crippen LogP contribution in [0.2, 0.25) is 0 Å². The molecule has 4 nitrogen and oxygen atoms in total. The van der Waals surface area contributed by atoms with Gasteiger partial charge in [-0.2, -0.15) is 5.26 Å². The fourth-order valence-electron chi connectivity index (χ4n) is 1.90. The molecule has 0 radical (unpaired) electrons. The van der Waals surface area contributed by atoms with Crippen molar-refractivity contribution in [2.75, 3.05) is 13.1 Å². The number of nitriles is 1. The first-order valence-corrected chi connectivity index (χ1v) is 5.22. The molecule has 1 saturated heterocycles. The molecule has 1 aliphatic heterocycles. The van der Waals surface area contributed by atoms with Gasteiger partial charge >= 0.3 is 0 Å². The Morgan fingerprint density at radius 2 is 2.53 bits per heavy atom. The molecule has 1 aliphatic rings. The number of hydrogen-bond donors (Lipinski definition) is 1. The summed E-state index contributed by atoms with van der Waals surface area (Å²) < 4.78 is 0. The van der Waals surface area contributed by atoms with Crippen LogP contribution in [0, 0.1) is 11.3 Å². The minimum Gasteiger partial charge on any atom is -0.355 e. The summed E-state index contributed by atoms with van der Waals surface area (Å²) in [5, 5.41) is 11.6. The lowest BCUT2D eigenvalue weighted by atomic mass is 10.1. The van der Waals surface area contributed by atoms with Crippen LogP contribution in [0.4, 0.5) is 0 Å². The summed E-state index contributed by atoms with van der Waals surface area (Å²) >= 11 is 0. The molecule has 2 atom stereocenters. The van der Waals surface area contributed by atoms with Gasteiger partial charge in [-0.25, -0.2) is 0 Å². The van der Waals surface area contributed by atoms with Crippen molar-refractivity contribution in [3.63, 3.8) is 0 Å². The molecule has 1 heterocycles. The number of amides is 1. The highest BCUT2D eigenvalue weighted by molar-refractivity contribution is 5.82. The van der Waals surface area contributed by atoms with Gasteiger partial charge in [0.1, 0.15) is 6.04 Å². The van der Waals surface area contributed by atoms with Gasteiger partial charge in [0.25, 0.3) is 0 Å². The first kappa shape index (κ1) is 11.7. The molecule has 0 bridgehead atoms. The molecule has 1 amide bonds. The molecular formula is C11H17N3O. The van der Waals surface area contributed by atoms with E-state index in [4.69, 9.17) is 5.26 Å². The first-order chi connectivity index (χ1) is 7.20. The Hall–Kier alpha value is -1.34. The van der Waals surface area contributed by atoms with Crippen LogP contribution >= 0.6 is 0 Å². The molecule has 4 heteroatoms. The van der Waals surface area contributed by atoms with Crippen molar-refractivity contribution >= 4 is 5.91 Å². The van der Waals surface area contributed by atoms with E-state index < -0.39 is 0 Å². The SMILES string of the molecule is C=CCN1C(C)CCNC(=O)C1CC#N. The number of carbonyl (C=O) groups excluding carboxylic acids is 1. The Morgan fingerprint density at radius 1 is 1.80 bits per heavy atom. The van der Waals surface area contributed by atoms with Crippen molar-refractivity contribution in [3.8, 4) is 6.07 Å². The van der Waals surface area contributed by atoms with E-state index in [9.17, 15) is 4.79 Å². The Labute approximate surface area is 90.6 Å². The lowest BCUT2D eigenvalue weighted by Gasteiger charge is -2.30. The number of carbonyl (C=O) groups is 1. The minimum atomic E-state index is -0.328. The maximum Gasteiger partial charge on any atom is 0.238 e. The zero-order chi connectivity index (χ0) is 11.3. The Bertz CT molecular complexity index is 282. The topological polar surface area (TPSA) is 56.1 Å². The molecule has 1 rings (SSSR count). The van der Waals surface area contributed by atoms with E-state index in [1.807, 2.05) is 4.90 Å². The van der Waals surface area contributed by atoms with E-state index in [0.29, 0.717) is 19.1 Å². The number of nitrogens with one attached hydrogen (secondary N) is 1. The van der Waals surface area contributed by atoms with Gasteiger partial charge in [-0.15, -0.1) is 6.58 Å². The van der Waals surface area contributed by atoms with Crippen molar-refractivity contribution < 1.29 is 4.79 Å². The summed E-state index contributed by atoms with van der Waals surface area (Å²) in [4.78, 5) is 13.7. The minimum absolute atomic E-state index is 0.0391. The van der Waals surface area contributed by atoms with Crippen molar-refractivity contribution in [2.24, 2.45) is 0 Å². The maximum absolute atomic E-state index is 11.7. The lowest BCUT2D eigenvalue weighted by molar-refractivity contribution is -0.125. The monoisotopic (exact) mass is 207 g/mol. The summed E-state index contributed by atoms with van der Waals surface area (Å²) in [7, 11) is 0. The smallest absolute Gasteiger partial charge is 0.238 e. The normalized spacial score (nSPS) is 27.6. The first-order valence-electron chi connectivity index (χ1n) is 5.22. The van der Waals surface area contributed by atoms with E-state index in [1.165, 1.54) is 0 Å². The molecule has 82 valence electrons. The second-order valence-electron chi connectivity index (χ2n) is 3.79. The van der Waals surface area contributed by atoms with Gasteiger partial charge in [-0.05, 0) is 13.3 Å². The highest BCUT2D eigenvalue weighted by atomic mass is 16.2. The van der Waals surface area contributed by atoms with Crippen LogP contribution in [0.25, 0.3) is 0 Å². The van der Waals surface area contributed by atoms with Crippen LogP contribution in [-0.4, -0.2) is 36.0 Å². The van der Waals surface area contributed by atoms with Gasteiger partial charge < -0.3 is 5.32 Å². The summed E-state index contributed by atoms with van der Waals surface area (Å²) in [6, 6.07) is 2.05. The lowest BCUT2D eigenvalue weighted by Crippen LogP contribution is -2.46. The second kappa shape index (κ2) is 5.52. The fourth-order valence-corrected chi connectivity index (χ4v) is 1.90. The molecule has 0 aromatic rings. The molecule has 0 saturated carbocycles. The summed E-state index contributed by atoms with van der Waals surface area (Å²) in [5.74, 6) is -0.0391. The maximum atomic E-state index is 11.7. The van der Waals surface area contributed by atoms with Crippen LogP contribution in [0.5, 0.6) is 0 Å². The van der Waals surface area contributed by atoms with Crippen LogP contribution in [0.15, 0.2) is 12.7 Å². The van der Waals surface area contributed by atoms with Crippen LogP contribution in [-0.2, 0) is 4.79 Å². The van der Waals surface area contributed by atoms with Gasteiger partial charge in [0.15, 0.2) is 0 Å². The predicted octanol–water partition coefficient (Wildman–Crippen LogP) is 0.665. The number of rotatable bonds is 3. The Kier molecular flexibility index (Phi) is 4.32. The van der Waals surface area contributed by atoms with Crippen LogP contribution in [0.1, 0.15) is 19.8 Å². The number of nitrogens with zero attached hydrogens (tertiary/aromatic N) is 2. The molecule has 2 unspecified atom stereocenters. The average molecular weight is 207 g/mol. The highest BCUT2D eigenvalue weighted by Gasteiger charge is 2.30. The predicted molar refractivity (Wildman–Crippen MR) is 58.0 cm³/mol. The van der Waals surface area contributed by atoms with E-state index in [2.05, 4.69) is 24.9 Å². The largest absolute Gasteiger partial charge is 0.355 e. The molecule has 1 fully saturated rings. The van der Waals surface area contributed by atoms with Crippen molar-refractivity contribution in [3.05, 3.63) is 12.7 Å². The van der Waals surface area contributed by atoms with Gasteiger partial charge in [-0.1, -0.05) is 6.08 Å². The highest BCUT2D eigenvalue weighted by Crippen LogP contribution is 2.14. The van der Waals surface area contributed by atoms with Crippen molar-refractivity contribution in [2.45, 2.75) is 31.8 Å². The van der Waals surface area contributed by atoms with Crippen LogP contribution < -0.4 is 5.32 Å². The fraction of sp³-hybridized carbons (Fsp3) is 0.636. The standard InChI is InChI=1S/C11H17N3O/c1-3-8-14-9(2)5-7-13-11(15)10(14)4-6-12/h3,9-10H,1,4-5,7-8H2,2H3,(H,13,15). The van der Waals surface area contributed by atoms with E-state index in [-0.39, 0.29) is 18.4 Å². The molecular weight excluding hydrogens is 190 g/mol. The van der Waals surface area contributed by atoms with Gasteiger partial charge in [-0.3, -0.25) is 9.69 Å². The van der Waals surface area contributed by atoms with E-state index in [1.54, 1.807) is 6.08 Å². The third kappa shape index (κ3) is 2.80. The average Bonchev–Trinajstić information content (AvgIpc) is 2.33. The van der Waals surface area contributed by atoms with E-state index in [0.717, 1.165) is 6.42 Å². The number of hydrogen-bond acceptors (Lipinski definition) is 3. The van der Waals surface area contributed by atoms with Gasteiger partial charge in [0.2, 0.25) is 5.91 Å². The molecule has 0 aromatic carbocycles. The van der Waals surface area contributed by atoms with E-state index >= 15 is 0 Å². The molecule has 0 aliphatic carbocycles. The Balaban J connectivity index is 2.83. The summed E-state index contributed by atoms with van der Waals surface area (Å²) in [6.45, 7) is 7.10. The summed E-state index contributed by atoms with van der Waals surface area (Å²) in [6.07, 6.45) is 2.94. The zero-order valence-corrected chi connectivity index (χ0v) is 9.07. The van der Waals surface area contributed by atoms with Crippen molar-refractivity contribution in [1.82, 2.24) is 10.2 Å². The zero-order valence-electron chi connectivity index (χ0n) is 9.07.